The molecule has 1 fully saturated rings. The normalized spacial score (nSPS) is 25.2. The molecule has 1 aromatic heterocycles. The zero-order chi connectivity index (χ0) is 14.7. The van der Waals surface area contributed by atoms with E-state index in [1.807, 2.05) is 12.3 Å². The Hall–Kier alpha value is -1.17. The highest BCUT2D eigenvalue weighted by molar-refractivity contribution is 5.51. The minimum Gasteiger partial charge on any atom is -0.394 e. The zero-order valence-corrected chi connectivity index (χ0v) is 12.7. The summed E-state index contributed by atoms with van der Waals surface area (Å²) < 4.78 is 5.48. The van der Waals surface area contributed by atoms with Crippen molar-refractivity contribution in [2.75, 3.05) is 38.3 Å². The molecule has 0 radical (unpaired) electrons. The van der Waals surface area contributed by atoms with E-state index in [1.54, 1.807) is 0 Å². The van der Waals surface area contributed by atoms with Gasteiger partial charge in [-0.3, -0.25) is 9.88 Å². The van der Waals surface area contributed by atoms with Crippen LogP contribution in [0.3, 0.4) is 0 Å². The molecule has 0 bridgehead atoms. The molecule has 1 unspecified atom stereocenters. The largest absolute Gasteiger partial charge is 0.394 e. The Balaban J connectivity index is 1.85. The summed E-state index contributed by atoms with van der Waals surface area (Å²) in [5.41, 5.74) is 2.26. The Bertz CT molecular complexity index is 463. The fourth-order valence-corrected chi connectivity index (χ4v) is 3.42. The second-order valence-corrected chi connectivity index (χ2v) is 6.02. The van der Waals surface area contributed by atoms with Gasteiger partial charge in [-0.2, -0.15) is 0 Å². The molecule has 3 rings (SSSR count). The lowest BCUT2D eigenvalue weighted by Gasteiger charge is -2.39. The summed E-state index contributed by atoms with van der Waals surface area (Å²) in [6.07, 6.45) is 5.05. The van der Waals surface area contributed by atoms with Crippen LogP contribution in [0.2, 0.25) is 0 Å². The summed E-state index contributed by atoms with van der Waals surface area (Å²) in [4.78, 5) is 9.30. The summed E-state index contributed by atoms with van der Waals surface area (Å²) in [6, 6.07) is 4.83. The van der Waals surface area contributed by atoms with Crippen molar-refractivity contribution in [2.24, 2.45) is 0 Å². The third-order valence-electron chi connectivity index (χ3n) is 4.81. The summed E-state index contributed by atoms with van der Waals surface area (Å²) >= 11 is 0. The van der Waals surface area contributed by atoms with Crippen LogP contribution in [0.1, 0.15) is 25.0 Å². The number of anilines is 1. The van der Waals surface area contributed by atoms with Crippen molar-refractivity contribution in [3.05, 3.63) is 24.0 Å². The van der Waals surface area contributed by atoms with E-state index in [0.29, 0.717) is 6.04 Å². The quantitative estimate of drug-likeness (QED) is 0.889. The number of hydrogen-bond donors (Lipinski definition) is 1. The van der Waals surface area contributed by atoms with Gasteiger partial charge in [-0.25, -0.2) is 0 Å². The van der Waals surface area contributed by atoms with Crippen molar-refractivity contribution < 1.29 is 9.84 Å². The van der Waals surface area contributed by atoms with Crippen LogP contribution in [0, 0.1) is 0 Å². The van der Waals surface area contributed by atoms with Gasteiger partial charge in [-0.15, -0.1) is 0 Å². The molecule has 5 heteroatoms. The number of aliphatic hydroxyl groups is 1. The Morgan fingerprint density at radius 3 is 2.90 bits per heavy atom. The molecule has 1 saturated heterocycles. The molecule has 0 aliphatic carbocycles. The van der Waals surface area contributed by atoms with E-state index < -0.39 is 0 Å². The lowest BCUT2D eigenvalue weighted by Crippen LogP contribution is -2.46. The van der Waals surface area contributed by atoms with E-state index in [2.05, 4.69) is 27.9 Å². The van der Waals surface area contributed by atoms with Crippen LogP contribution in [-0.2, 0) is 11.3 Å². The first-order valence-electron chi connectivity index (χ1n) is 7.89. The summed E-state index contributed by atoms with van der Waals surface area (Å²) in [6.45, 7) is 3.81. The van der Waals surface area contributed by atoms with Gasteiger partial charge in [0.2, 0.25) is 0 Å². The van der Waals surface area contributed by atoms with Gasteiger partial charge in [0.25, 0.3) is 0 Å². The molecular weight excluding hydrogens is 266 g/mol. The van der Waals surface area contributed by atoms with Crippen LogP contribution in [0.25, 0.3) is 0 Å². The van der Waals surface area contributed by atoms with E-state index in [9.17, 15) is 5.11 Å². The fourth-order valence-electron chi connectivity index (χ4n) is 3.42. The van der Waals surface area contributed by atoms with Crippen molar-refractivity contribution in [3.8, 4) is 0 Å². The SMILES string of the molecule is CN1c2cccnc2CN(C2CCOCC2)CCC1CO. The Kier molecular flexibility index (Phi) is 4.73. The fraction of sp³-hybridized carbons (Fsp3) is 0.688. The van der Waals surface area contributed by atoms with Gasteiger partial charge in [-0.05, 0) is 31.4 Å². The molecule has 5 nitrogen and oxygen atoms in total. The maximum atomic E-state index is 9.70. The second kappa shape index (κ2) is 6.73. The lowest BCUT2D eigenvalue weighted by atomic mass is 10.0. The van der Waals surface area contributed by atoms with Crippen LogP contribution >= 0.6 is 0 Å². The van der Waals surface area contributed by atoms with Gasteiger partial charge in [0.15, 0.2) is 0 Å². The molecule has 21 heavy (non-hydrogen) atoms. The minimum atomic E-state index is 0.163. The molecular formula is C16H25N3O2. The molecule has 1 N–H and O–H groups in total. The second-order valence-electron chi connectivity index (χ2n) is 6.02. The van der Waals surface area contributed by atoms with Crippen LogP contribution in [0.4, 0.5) is 5.69 Å². The standard InChI is InChI=1S/C16H25N3O2/c1-18-14(12-20)4-8-19(13-5-9-21-10-6-13)11-15-16(18)3-2-7-17-15/h2-3,7,13-14,20H,4-6,8-12H2,1H3. The van der Waals surface area contributed by atoms with Crippen molar-refractivity contribution in [3.63, 3.8) is 0 Å². The number of hydrogen-bond acceptors (Lipinski definition) is 5. The van der Waals surface area contributed by atoms with Crippen molar-refractivity contribution in [1.82, 2.24) is 9.88 Å². The topological polar surface area (TPSA) is 48.8 Å². The molecule has 0 spiro atoms. The highest BCUT2D eigenvalue weighted by Gasteiger charge is 2.28. The van der Waals surface area contributed by atoms with Gasteiger partial charge in [-0.1, -0.05) is 0 Å². The average molecular weight is 291 g/mol. The average Bonchev–Trinajstić information content (AvgIpc) is 2.53. The predicted molar refractivity (Wildman–Crippen MR) is 82.4 cm³/mol. The van der Waals surface area contributed by atoms with Crippen LogP contribution in [0.15, 0.2) is 18.3 Å². The molecule has 2 aliphatic rings. The van der Waals surface area contributed by atoms with Crippen molar-refractivity contribution in [2.45, 2.75) is 37.9 Å². The first kappa shape index (κ1) is 14.8. The number of nitrogens with zero attached hydrogens (tertiary/aromatic N) is 3. The van der Waals surface area contributed by atoms with E-state index in [0.717, 1.165) is 56.9 Å². The molecule has 1 atom stereocenters. The molecule has 0 saturated carbocycles. The third kappa shape index (κ3) is 3.20. The summed E-state index contributed by atoms with van der Waals surface area (Å²) in [5, 5.41) is 9.70. The summed E-state index contributed by atoms with van der Waals surface area (Å²) in [5.74, 6) is 0. The maximum Gasteiger partial charge on any atom is 0.0776 e. The predicted octanol–water partition coefficient (Wildman–Crippen LogP) is 1.26. The third-order valence-corrected chi connectivity index (χ3v) is 4.81. The highest BCUT2D eigenvalue weighted by Crippen LogP contribution is 2.27. The number of rotatable bonds is 2. The van der Waals surface area contributed by atoms with Gasteiger partial charge in [0.1, 0.15) is 0 Å². The highest BCUT2D eigenvalue weighted by atomic mass is 16.5. The molecule has 2 aliphatic heterocycles. The van der Waals surface area contributed by atoms with E-state index in [1.165, 1.54) is 0 Å². The number of ether oxygens (including phenoxy) is 1. The molecule has 0 amide bonds. The maximum absolute atomic E-state index is 9.70. The smallest absolute Gasteiger partial charge is 0.0776 e. The number of fused-ring (bicyclic) bond motifs is 1. The first-order chi connectivity index (χ1) is 10.3. The van der Waals surface area contributed by atoms with Crippen LogP contribution in [0.5, 0.6) is 0 Å². The first-order valence-corrected chi connectivity index (χ1v) is 7.89. The zero-order valence-electron chi connectivity index (χ0n) is 12.7. The van der Waals surface area contributed by atoms with E-state index >= 15 is 0 Å². The monoisotopic (exact) mass is 291 g/mol. The number of aromatic nitrogens is 1. The minimum absolute atomic E-state index is 0.163. The lowest BCUT2D eigenvalue weighted by molar-refractivity contribution is 0.0280. The molecule has 1 aromatic rings. The molecule has 116 valence electrons. The van der Waals surface area contributed by atoms with Gasteiger partial charge in [0.05, 0.1) is 24.0 Å². The van der Waals surface area contributed by atoms with E-state index in [4.69, 9.17) is 4.74 Å². The van der Waals surface area contributed by atoms with Crippen LogP contribution in [-0.4, -0.2) is 60.5 Å². The van der Waals surface area contributed by atoms with Crippen molar-refractivity contribution >= 4 is 5.69 Å². The molecule has 0 aromatic carbocycles. The van der Waals surface area contributed by atoms with Gasteiger partial charge < -0.3 is 14.7 Å². The van der Waals surface area contributed by atoms with Gasteiger partial charge in [0, 0.05) is 45.6 Å². The number of pyridine rings is 1. The van der Waals surface area contributed by atoms with E-state index in [-0.39, 0.29) is 12.6 Å². The van der Waals surface area contributed by atoms with Crippen LogP contribution < -0.4 is 4.90 Å². The van der Waals surface area contributed by atoms with Gasteiger partial charge >= 0.3 is 0 Å². The Morgan fingerprint density at radius 1 is 1.33 bits per heavy atom. The van der Waals surface area contributed by atoms with Crippen molar-refractivity contribution in [1.29, 1.82) is 0 Å². The Labute approximate surface area is 126 Å². The summed E-state index contributed by atoms with van der Waals surface area (Å²) in [7, 11) is 2.06. The molecule has 3 heterocycles. The number of likely N-dealkylation sites (N-methyl/N-ethyl adjacent to an activating group) is 1. The Morgan fingerprint density at radius 2 is 2.14 bits per heavy atom. The number of aliphatic hydroxyl groups excluding tert-OH is 1.